The van der Waals surface area contributed by atoms with E-state index in [-0.39, 0.29) is 17.7 Å². The molecule has 2 aromatic carbocycles. The van der Waals surface area contributed by atoms with Crippen molar-refractivity contribution in [2.24, 2.45) is 11.8 Å². The molecule has 208 valence electrons. The van der Waals surface area contributed by atoms with Gasteiger partial charge in [-0.1, -0.05) is 41.4 Å². The largest absolute Gasteiger partial charge is 0.347 e. The molecule has 0 atom stereocenters. The van der Waals surface area contributed by atoms with E-state index in [1.165, 1.54) is 23.7 Å². The maximum absolute atomic E-state index is 13.7. The van der Waals surface area contributed by atoms with Crippen LogP contribution in [-0.2, 0) is 16.1 Å². The van der Waals surface area contributed by atoms with Crippen LogP contribution in [0.1, 0.15) is 39.0 Å². The van der Waals surface area contributed by atoms with Gasteiger partial charge in [0.15, 0.2) is 0 Å². The number of fused-ring (bicyclic) bond motifs is 1. The predicted molar refractivity (Wildman–Crippen MR) is 160 cm³/mol. The van der Waals surface area contributed by atoms with E-state index < -0.39 is 0 Å². The second-order valence-electron chi connectivity index (χ2n) is 11.0. The van der Waals surface area contributed by atoms with Crippen LogP contribution in [0.4, 0.5) is 5.69 Å². The highest BCUT2D eigenvalue weighted by atomic mass is 35.5. The summed E-state index contributed by atoms with van der Waals surface area (Å²) < 4.78 is 2.40. The van der Waals surface area contributed by atoms with E-state index in [9.17, 15) is 9.59 Å². The second-order valence-corrected chi connectivity index (χ2v) is 11.8. The predicted octanol–water partition coefficient (Wildman–Crippen LogP) is 6.34. The summed E-state index contributed by atoms with van der Waals surface area (Å²) in [5, 5.41) is 2.25. The number of amides is 2. The van der Waals surface area contributed by atoms with Crippen LogP contribution in [0.15, 0.2) is 54.7 Å². The first-order chi connectivity index (χ1) is 18.9. The van der Waals surface area contributed by atoms with Gasteiger partial charge in [0.1, 0.15) is 0 Å². The molecular formula is C31H38Cl2N4O2. The molecule has 0 aliphatic carbocycles. The van der Waals surface area contributed by atoms with Crippen molar-refractivity contribution < 1.29 is 9.59 Å². The third-order valence-electron chi connectivity index (χ3n) is 8.47. The van der Waals surface area contributed by atoms with Crippen LogP contribution in [-0.4, -0.2) is 65.4 Å². The molecule has 6 nitrogen and oxygen atoms in total. The number of nitrogens with zero attached hydrogens (tertiary/aromatic N) is 4. The Bertz CT molecular complexity index is 1290. The molecule has 0 saturated carbocycles. The number of benzene rings is 2. The quantitative estimate of drug-likeness (QED) is 0.318. The van der Waals surface area contributed by atoms with Gasteiger partial charge in [0.05, 0.1) is 10.0 Å². The van der Waals surface area contributed by atoms with Gasteiger partial charge in [0.2, 0.25) is 11.8 Å². The number of carbonyl (C=O) groups excluding carboxylic acids is 2. The summed E-state index contributed by atoms with van der Waals surface area (Å²) in [6, 6.07) is 16.2. The topological polar surface area (TPSA) is 48.8 Å². The molecule has 5 rings (SSSR count). The van der Waals surface area contributed by atoms with Crippen LogP contribution < -0.4 is 4.90 Å². The van der Waals surface area contributed by atoms with Gasteiger partial charge in [-0.05, 0) is 93.4 Å². The Morgan fingerprint density at radius 1 is 0.923 bits per heavy atom. The van der Waals surface area contributed by atoms with Gasteiger partial charge in [-0.15, -0.1) is 0 Å². The van der Waals surface area contributed by atoms with Crippen LogP contribution in [0.25, 0.3) is 10.9 Å². The average molecular weight is 570 g/mol. The number of piperidine rings is 2. The zero-order chi connectivity index (χ0) is 27.4. The number of halogens is 2. The fraction of sp³-hybridized carbons (Fsp3) is 0.484. The molecule has 8 heteroatoms. The Morgan fingerprint density at radius 2 is 1.67 bits per heavy atom. The van der Waals surface area contributed by atoms with Crippen LogP contribution >= 0.6 is 23.2 Å². The van der Waals surface area contributed by atoms with E-state index in [4.69, 9.17) is 23.2 Å². The fourth-order valence-electron chi connectivity index (χ4n) is 6.10. The normalized spacial score (nSPS) is 17.6. The lowest BCUT2D eigenvalue weighted by atomic mass is 9.94. The van der Waals surface area contributed by atoms with Crippen molar-refractivity contribution in [1.82, 2.24) is 14.4 Å². The van der Waals surface area contributed by atoms with E-state index in [0.29, 0.717) is 48.4 Å². The smallest absolute Gasteiger partial charge is 0.230 e. The first-order valence-corrected chi connectivity index (χ1v) is 14.9. The van der Waals surface area contributed by atoms with Crippen molar-refractivity contribution >= 4 is 51.6 Å². The lowest BCUT2D eigenvalue weighted by Crippen LogP contribution is -2.45. The minimum atomic E-state index is -0.0874. The minimum Gasteiger partial charge on any atom is -0.347 e. The summed E-state index contributed by atoms with van der Waals surface area (Å²) in [5.74, 6) is 0.796. The number of aromatic nitrogens is 1. The molecule has 2 aliphatic heterocycles. The van der Waals surface area contributed by atoms with E-state index in [0.717, 1.165) is 38.3 Å². The van der Waals surface area contributed by atoms with Crippen LogP contribution in [0.5, 0.6) is 0 Å². The fourth-order valence-corrected chi connectivity index (χ4v) is 6.40. The van der Waals surface area contributed by atoms with Crippen molar-refractivity contribution in [3.8, 4) is 0 Å². The molecule has 2 saturated heterocycles. The summed E-state index contributed by atoms with van der Waals surface area (Å²) in [4.78, 5) is 31.7. The molecule has 0 spiro atoms. The van der Waals surface area contributed by atoms with Crippen molar-refractivity contribution in [3.63, 3.8) is 0 Å². The molecule has 0 unspecified atom stereocenters. The number of likely N-dealkylation sites (tertiary alicyclic amines) is 2. The summed E-state index contributed by atoms with van der Waals surface area (Å²) in [6.07, 6.45) is 6.88. The van der Waals surface area contributed by atoms with Gasteiger partial charge in [-0.25, -0.2) is 0 Å². The van der Waals surface area contributed by atoms with Gasteiger partial charge in [0, 0.05) is 56.4 Å². The van der Waals surface area contributed by atoms with Gasteiger partial charge < -0.3 is 19.3 Å². The lowest BCUT2D eigenvalue weighted by Gasteiger charge is -2.35. The highest BCUT2D eigenvalue weighted by Crippen LogP contribution is 2.30. The van der Waals surface area contributed by atoms with E-state index in [2.05, 4.69) is 46.0 Å². The monoisotopic (exact) mass is 568 g/mol. The minimum absolute atomic E-state index is 0.0766. The Morgan fingerprint density at radius 3 is 2.38 bits per heavy atom. The standard InChI is InChI=1S/C31H38Cl2N4O2/c1-23(38)35-18-12-26(13-19-35)31(39)37(27-7-8-28(32)29(33)21-27)15-4-14-34-16-9-24(10-17-34)22-36-20-11-25-5-2-3-6-30(25)36/h2-3,5-8,11,20-21,24,26H,4,9-10,12-19,22H2,1H3. The summed E-state index contributed by atoms with van der Waals surface area (Å²) in [7, 11) is 0. The molecule has 1 aromatic heterocycles. The Kier molecular flexibility index (Phi) is 9.16. The number of anilines is 1. The van der Waals surface area contributed by atoms with Crippen molar-refractivity contribution in [1.29, 1.82) is 0 Å². The Balaban J connectivity index is 1.15. The number of hydrogen-bond donors (Lipinski definition) is 0. The molecule has 2 aliphatic rings. The Hall–Kier alpha value is -2.54. The molecule has 0 radical (unpaired) electrons. The van der Waals surface area contributed by atoms with E-state index >= 15 is 0 Å². The first kappa shape index (κ1) is 28.0. The zero-order valence-electron chi connectivity index (χ0n) is 22.7. The molecule has 0 N–H and O–H groups in total. The number of para-hydroxylation sites is 1. The number of rotatable bonds is 8. The molecule has 2 amide bonds. The van der Waals surface area contributed by atoms with E-state index in [1.807, 2.05) is 15.9 Å². The Labute approximate surface area is 241 Å². The first-order valence-electron chi connectivity index (χ1n) is 14.2. The van der Waals surface area contributed by atoms with Crippen molar-refractivity contribution in [2.75, 3.05) is 44.2 Å². The van der Waals surface area contributed by atoms with Crippen molar-refractivity contribution in [2.45, 2.75) is 45.6 Å². The molecule has 3 heterocycles. The third kappa shape index (κ3) is 6.79. The average Bonchev–Trinajstić information content (AvgIpc) is 3.36. The number of carbonyl (C=O) groups is 2. The third-order valence-corrected chi connectivity index (χ3v) is 9.21. The lowest BCUT2D eigenvalue weighted by molar-refractivity contribution is -0.133. The van der Waals surface area contributed by atoms with Gasteiger partial charge >= 0.3 is 0 Å². The van der Waals surface area contributed by atoms with Crippen LogP contribution in [0.2, 0.25) is 10.0 Å². The molecule has 39 heavy (non-hydrogen) atoms. The van der Waals surface area contributed by atoms with Gasteiger partial charge in [0.25, 0.3) is 0 Å². The molecule has 0 bridgehead atoms. The van der Waals surface area contributed by atoms with E-state index in [1.54, 1.807) is 19.1 Å². The molecule has 3 aromatic rings. The highest BCUT2D eigenvalue weighted by molar-refractivity contribution is 6.42. The number of hydrogen-bond acceptors (Lipinski definition) is 3. The summed E-state index contributed by atoms with van der Waals surface area (Å²) in [5.41, 5.74) is 2.11. The maximum atomic E-state index is 13.7. The SMILES string of the molecule is CC(=O)N1CCC(C(=O)N(CCCN2CCC(Cn3ccc4ccccc43)CC2)c2ccc(Cl)c(Cl)c2)CC1. The van der Waals surface area contributed by atoms with Gasteiger partial charge in [-0.3, -0.25) is 9.59 Å². The molecule has 2 fully saturated rings. The van der Waals surface area contributed by atoms with Gasteiger partial charge in [-0.2, -0.15) is 0 Å². The maximum Gasteiger partial charge on any atom is 0.230 e. The van der Waals surface area contributed by atoms with Crippen LogP contribution in [0.3, 0.4) is 0 Å². The molecular weight excluding hydrogens is 531 g/mol. The van der Waals surface area contributed by atoms with Crippen molar-refractivity contribution in [3.05, 3.63) is 64.8 Å². The second kappa shape index (κ2) is 12.8. The highest BCUT2D eigenvalue weighted by Gasteiger charge is 2.30. The zero-order valence-corrected chi connectivity index (χ0v) is 24.2. The van der Waals surface area contributed by atoms with Crippen LogP contribution in [0, 0.1) is 11.8 Å². The summed E-state index contributed by atoms with van der Waals surface area (Å²) in [6.45, 7) is 7.72. The summed E-state index contributed by atoms with van der Waals surface area (Å²) >= 11 is 12.5.